The number of carboxylic acid groups (broad SMARTS) is 1. The highest BCUT2D eigenvalue weighted by molar-refractivity contribution is 5.94. The van der Waals surface area contributed by atoms with Crippen molar-refractivity contribution in [2.24, 2.45) is 28.1 Å². The van der Waals surface area contributed by atoms with Gasteiger partial charge in [-0.2, -0.15) is 0 Å². The number of carbonyl (C=O) groups is 4. The Morgan fingerprint density at radius 1 is 1.24 bits per heavy atom. The number of aliphatic carboxylic acids is 1. The van der Waals surface area contributed by atoms with Crippen molar-refractivity contribution in [3.8, 4) is 0 Å². The number of H-pyrrole nitrogens is 1. The van der Waals surface area contributed by atoms with Crippen molar-refractivity contribution in [1.82, 2.24) is 25.5 Å². The molecule has 3 amide bonds. The van der Waals surface area contributed by atoms with Gasteiger partial charge in [-0.15, -0.1) is 0 Å². The Labute approximate surface area is 215 Å². The number of rotatable bonds is 14. The average molecular weight is 522 g/mol. The summed E-state index contributed by atoms with van der Waals surface area (Å²) in [5.41, 5.74) is 17.4. The van der Waals surface area contributed by atoms with E-state index in [4.69, 9.17) is 17.2 Å². The van der Waals surface area contributed by atoms with E-state index in [1.165, 1.54) is 17.4 Å². The molecular weight excluding hydrogens is 482 g/mol. The second kappa shape index (κ2) is 14.2. The summed E-state index contributed by atoms with van der Waals surface area (Å²) >= 11 is 0. The molecule has 206 valence electrons. The van der Waals surface area contributed by atoms with E-state index >= 15 is 0 Å². The minimum Gasteiger partial charge on any atom is -0.480 e. The number of aromatic amines is 1. The maximum atomic E-state index is 13.4. The molecule has 14 heteroatoms. The maximum absolute atomic E-state index is 13.4. The first kappa shape index (κ1) is 29.5. The Bertz CT molecular complexity index is 948. The van der Waals surface area contributed by atoms with Gasteiger partial charge in [-0.05, 0) is 31.6 Å². The lowest BCUT2D eigenvalue weighted by molar-refractivity contribution is -0.149. The van der Waals surface area contributed by atoms with Gasteiger partial charge in [0.15, 0.2) is 5.96 Å². The topological polar surface area (TPSA) is 235 Å². The zero-order valence-electron chi connectivity index (χ0n) is 21.4. The first-order valence-corrected chi connectivity index (χ1v) is 12.5. The lowest BCUT2D eigenvalue weighted by Gasteiger charge is -2.29. The molecule has 14 nitrogen and oxygen atoms in total. The third-order valence-corrected chi connectivity index (χ3v) is 6.55. The van der Waals surface area contributed by atoms with Crippen LogP contribution in [-0.2, 0) is 25.6 Å². The number of hydrogen-bond donors (Lipinski definition) is 7. The number of nitrogens with zero attached hydrogens (tertiary/aromatic N) is 3. The number of imidazole rings is 1. The number of hydrogen-bond acceptors (Lipinski definition) is 7. The minimum absolute atomic E-state index is 0.0640. The van der Waals surface area contributed by atoms with Gasteiger partial charge in [0.2, 0.25) is 17.7 Å². The number of likely N-dealkylation sites (tertiary alicyclic amines) is 1. The zero-order chi connectivity index (χ0) is 27.5. The van der Waals surface area contributed by atoms with Crippen molar-refractivity contribution in [1.29, 1.82) is 0 Å². The molecule has 0 aromatic carbocycles. The highest BCUT2D eigenvalue weighted by Crippen LogP contribution is 2.19. The number of guanidine groups is 1. The third-order valence-electron chi connectivity index (χ3n) is 6.55. The number of carboxylic acids is 1. The van der Waals surface area contributed by atoms with Crippen LogP contribution in [0.25, 0.3) is 0 Å². The summed E-state index contributed by atoms with van der Waals surface area (Å²) < 4.78 is 0. The number of aromatic nitrogens is 2. The van der Waals surface area contributed by atoms with E-state index in [0.717, 1.165) is 0 Å². The molecule has 5 atom stereocenters. The highest BCUT2D eigenvalue weighted by Gasteiger charge is 2.38. The minimum atomic E-state index is -1.10. The highest BCUT2D eigenvalue weighted by atomic mass is 16.4. The van der Waals surface area contributed by atoms with E-state index < -0.39 is 47.9 Å². The number of carbonyl (C=O) groups excluding carboxylic acids is 3. The molecule has 10 N–H and O–H groups in total. The summed E-state index contributed by atoms with van der Waals surface area (Å²) in [6.07, 6.45) is 5.15. The molecule has 1 aliphatic rings. The fourth-order valence-corrected chi connectivity index (χ4v) is 4.13. The molecule has 2 rings (SSSR count). The van der Waals surface area contributed by atoms with Crippen LogP contribution in [0, 0.1) is 5.92 Å². The van der Waals surface area contributed by atoms with Crippen LogP contribution >= 0.6 is 0 Å². The van der Waals surface area contributed by atoms with Crippen LogP contribution in [0.5, 0.6) is 0 Å². The van der Waals surface area contributed by atoms with Gasteiger partial charge in [0.25, 0.3) is 0 Å². The van der Waals surface area contributed by atoms with Crippen LogP contribution in [0.3, 0.4) is 0 Å². The first-order valence-electron chi connectivity index (χ1n) is 12.5. The van der Waals surface area contributed by atoms with Gasteiger partial charge in [0.05, 0.1) is 12.4 Å². The standard InChI is InChI=1S/C23H39N9O5/c1-3-13(2)18(24)20(34)30-15(6-4-8-28-23(25)26)19(33)31-16(10-14-11-27-12-29-14)21(35)32-9-5-7-17(32)22(36)37/h11-13,15-18H,3-10,24H2,1-2H3,(H,27,29)(H,30,34)(H,31,33)(H,36,37)(H4,25,26,28). The van der Waals surface area contributed by atoms with E-state index in [2.05, 4.69) is 25.6 Å². The molecular formula is C23H39N9O5. The summed E-state index contributed by atoms with van der Waals surface area (Å²) in [7, 11) is 0. The molecule has 0 radical (unpaired) electrons. The molecule has 5 unspecified atom stereocenters. The predicted octanol–water partition coefficient (Wildman–Crippen LogP) is -1.58. The number of aliphatic imine (C=N–C) groups is 1. The fraction of sp³-hybridized carbons (Fsp3) is 0.652. The van der Waals surface area contributed by atoms with Crippen LogP contribution in [0.4, 0.5) is 0 Å². The molecule has 0 saturated carbocycles. The second-order valence-corrected chi connectivity index (χ2v) is 9.29. The summed E-state index contributed by atoms with van der Waals surface area (Å²) in [5, 5.41) is 14.9. The van der Waals surface area contributed by atoms with Crippen molar-refractivity contribution < 1.29 is 24.3 Å². The Morgan fingerprint density at radius 3 is 2.54 bits per heavy atom. The molecule has 1 aromatic heterocycles. The molecule has 0 aliphatic carbocycles. The van der Waals surface area contributed by atoms with Crippen LogP contribution in [0.1, 0.15) is 51.6 Å². The van der Waals surface area contributed by atoms with Crippen LogP contribution in [-0.4, -0.2) is 86.9 Å². The van der Waals surface area contributed by atoms with Crippen LogP contribution in [0.2, 0.25) is 0 Å². The largest absolute Gasteiger partial charge is 0.480 e. The van der Waals surface area contributed by atoms with Gasteiger partial charge in [0.1, 0.15) is 18.1 Å². The molecule has 1 aliphatic heterocycles. The summed E-state index contributed by atoms with van der Waals surface area (Å²) in [6.45, 7) is 4.26. The predicted molar refractivity (Wildman–Crippen MR) is 136 cm³/mol. The van der Waals surface area contributed by atoms with Crippen LogP contribution in [0.15, 0.2) is 17.5 Å². The van der Waals surface area contributed by atoms with Crippen molar-refractivity contribution in [3.63, 3.8) is 0 Å². The second-order valence-electron chi connectivity index (χ2n) is 9.29. The lowest BCUT2D eigenvalue weighted by atomic mass is 9.98. The monoisotopic (exact) mass is 521 g/mol. The molecule has 0 bridgehead atoms. The Hall–Kier alpha value is -3.68. The van der Waals surface area contributed by atoms with Gasteiger partial charge in [0, 0.05) is 31.4 Å². The molecule has 1 fully saturated rings. The van der Waals surface area contributed by atoms with Crippen molar-refractivity contribution >= 4 is 29.7 Å². The quantitative estimate of drug-likeness (QED) is 0.0848. The molecule has 37 heavy (non-hydrogen) atoms. The first-order chi connectivity index (χ1) is 17.5. The van der Waals surface area contributed by atoms with Gasteiger partial charge in [-0.3, -0.25) is 19.4 Å². The van der Waals surface area contributed by atoms with E-state index in [1.54, 1.807) is 0 Å². The smallest absolute Gasteiger partial charge is 0.326 e. The van der Waals surface area contributed by atoms with Gasteiger partial charge >= 0.3 is 5.97 Å². The lowest BCUT2D eigenvalue weighted by Crippen LogP contribution is -2.58. The zero-order valence-corrected chi connectivity index (χ0v) is 21.4. The Morgan fingerprint density at radius 2 is 1.95 bits per heavy atom. The average Bonchev–Trinajstić information content (AvgIpc) is 3.56. The normalized spacial score (nSPS) is 18.4. The third kappa shape index (κ3) is 8.74. The molecule has 1 saturated heterocycles. The van der Waals surface area contributed by atoms with Gasteiger partial charge < -0.3 is 42.8 Å². The Balaban J connectivity index is 2.23. The van der Waals surface area contributed by atoms with E-state index in [0.29, 0.717) is 31.4 Å². The number of nitrogens with one attached hydrogen (secondary N) is 3. The van der Waals surface area contributed by atoms with Gasteiger partial charge in [-0.1, -0.05) is 20.3 Å². The van der Waals surface area contributed by atoms with Crippen molar-refractivity contribution in [3.05, 3.63) is 18.2 Å². The van der Waals surface area contributed by atoms with E-state index in [1.807, 2.05) is 13.8 Å². The van der Waals surface area contributed by atoms with Crippen LogP contribution < -0.4 is 27.8 Å². The number of nitrogens with two attached hydrogens (primary N) is 3. The number of amides is 3. The van der Waals surface area contributed by atoms with Crippen molar-refractivity contribution in [2.75, 3.05) is 13.1 Å². The molecule has 2 heterocycles. The van der Waals surface area contributed by atoms with Gasteiger partial charge in [-0.25, -0.2) is 9.78 Å². The molecule has 1 aromatic rings. The van der Waals surface area contributed by atoms with Crippen molar-refractivity contribution in [2.45, 2.75) is 76.5 Å². The summed E-state index contributed by atoms with van der Waals surface area (Å²) in [4.78, 5) is 63.2. The Kier molecular flexibility index (Phi) is 11.3. The summed E-state index contributed by atoms with van der Waals surface area (Å²) in [5.74, 6) is -2.90. The van der Waals surface area contributed by atoms with E-state index in [-0.39, 0.29) is 37.8 Å². The molecule has 0 spiro atoms. The fourth-order valence-electron chi connectivity index (χ4n) is 4.13. The van der Waals surface area contributed by atoms with E-state index in [9.17, 15) is 24.3 Å². The summed E-state index contributed by atoms with van der Waals surface area (Å²) in [6, 6.07) is -3.87. The SMILES string of the molecule is CCC(C)C(N)C(=O)NC(CCCN=C(N)N)C(=O)NC(Cc1cnc[nH]1)C(=O)N1CCCC1C(=O)O. The maximum Gasteiger partial charge on any atom is 0.326 e.